The highest BCUT2D eigenvalue weighted by atomic mass is 16.6. The number of carbonyl (C=O) groups excluding carboxylic acids is 1. The smallest absolute Gasteiger partial charge is 0.311 e. The van der Waals surface area contributed by atoms with Crippen LogP contribution < -0.4 is 10.5 Å². The van der Waals surface area contributed by atoms with Crippen molar-refractivity contribution in [1.29, 1.82) is 0 Å². The number of rotatable bonds is 6. The van der Waals surface area contributed by atoms with Gasteiger partial charge in [-0.05, 0) is 24.1 Å². The zero-order valence-electron chi connectivity index (χ0n) is 9.96. The van der Waals surface area contributed by atoms with Gasteiger partial charge in [0.2, 0.25) is 5.91 Å². The Hall–Kier alpha value is -2.37. The van der Waals surface area contributed by atoms with Gasteiger partial charge in [0.1, 0.15) is 0 Å². The average Bonchev–Trinajstić information content (AvgIpc) is 2.34. The van der Waals surface area contributed by atoms with E-state index < -0.39 is 10.8 Å². The fraction of sp³-hybridized carbons (Fsp3) is 0.250. The van der Waals surface area contributed by atoms with Crippen LogP contribution in [-0.4, -0.2) is 17.4 Å². The van der Waals surface area contributed by atoms with Gasteiger partial charge in [-0.1, -0.05) is 13.0 Å². The third-order valence-electron chi connectivity index (χ3n) is 2.08. The molecule has 0 aromatic heterocycles. The minimum absolute atomic E-state index is 0.130. The number of hydrogen-bond donors (Lipinski definition) is 1. The maximum Gasteiger partial charge on any atom is 0.311 e. The van der Waals surface area contributed by atoms with Crippen molar-refractivity contribution in [1.82, 2.24) is 0 Å². The SMILES string of the molecule is CCCOc1ccc(/C=C/C(N)=O)cc1[N+](=O)[O-]. The molecule has 0 aliphatic rings. The lowest BCUT2D eigenvalue weighted by Crippen LogP contribution is -2.05. The van der Waals surface area contributed by atoms with Gasteiger partial charge in [0.15, 0.2) is 5.75 Å². The van der Waals surface area contributed by atoms with Crippen LogP contribution in [0.25, 0.3) is 6.08 Å². The number of carbonyl (C=O) groups is 1. The molecule has 0 heterocycles. The molecule has 0 atom stereocenters. The third-order valence-corrected chi connectivity index (χ3v) is 2.08. The number of hydrogen-bond acceptors (Lipinski definition) is 4. The molecule has 0 saturated heterocycles. The zero-order chi connectivity index (χ0) is 13.5. The number of nitrogens with zero attached hydrogens (tertiary/aromatic N) is 1. The summed E-state index contributed by atoms with van der Waals surface area (Å²) >= 11 is 0. The van der Waals surface area contributed by atoms with Crippen LogP contribution in [0, 0.1) is 10.1 Å². The fourth-order valence-electron chi connectivity index (χ4n) is 1.29. The molecular formula is C12H14N2O4. The Kier molecular flexibility index (Phi) is 4.86. The van der Waals surface area contributed by atoms with E-state index in [1.54, 1.807) is 6.07 Å². The predicted molar refractivity (Wildman–Crippen MR) is 67.1 cm³/mol. The molecule has 0 aliphatic carbocycles. The lowest BCUT2D eigenvalue weighted by atomic mass is 10.1. The lowest BCUT2D eigenvalue weighted by molar-refractivity contribution is -0.385. The normalized spacial score (nSPS) is 10.5. The molecule has 18 heavy (non-hydrogen) atoms. The van der Waals surface area contributed by atoms with Gasteiger partial charge >= 0.3 is 5.69 Å². The maximum atomic E-state index is 10.9. The molecule has 0 saturated carbocycles. The summed E-state index contributed by atoms with van der Waals surface area (Å²) < 4.78 is 5.27. The van der Waals surface area contributed by atoms with E-state index in [1.807, 2.05) is 6.92 Å². The molecule has 6 nitrogen and oxygen atoms in total. The second-order valence-corrected chi connectivity index (χ2v) is 3.57. The first-order valence-corrected chi connectivity index (χ1v) is 5.43. The summed E-state index contributed by atoms with van der Waals surface area (Å²) in [4.78, 5) is 20.9. The van der Waals surface area contributed by atoms with Gasteiger partial charge in [-0.25, -0.2) is 0 Å². The van der Waals surface area contributed by atoms with Crippen LogP contribution in [0.2, 0.25) is 0 Å². The molecule has 0 spiro atoms. The molecule has 1 aromatic carbocycles. The van der Waals surface area contributed by atoms with Crippen molar-refractivity contribution in [3.63, 3.8) is 0 Å². The van der Waals surface area contributed by atoms with Gasteiger partial charge in [-0.15, -0.1) is 0 Å². The number of nitro benzene ring substituents is 1. The summed E-state index contributed by atoms with van der Waals surface area (Å²) in [7, 11) is 0. The summed E-state index contributed by atoms with van der Waals surface area (Å²) in [5, 5.41) is 10.9. The molecule has 96 valence electrons. The third kappa shape index (κ3) is 3.89. The van der Waals surface area contributed by atoms with Gasteiger partial charge in [0.05, 0.1) is 11.5 Å². The Labute approximate surface area is 104 Å². The van der Waals surface area contributed by atoms with Gasteiger partial charge in [0.25, 0.3) is 0 Å². The Bertz CT molecular complexity index is 483. The number of amides is 1. The topological polar surface area (TPSA) is 95.5 Å². The van der Waals surface area contributed by atoms with E-state index in [-0.39, 0.29) is 11.4 Å². The van der Waals surface area contributed by atoms with E-state index >= 15 is 0 Å². The molecular weight excluding hydrogens is 236 g/mol. The molecule has 6 heteroatoms. The van der Waals surface area contributed by atoms with E-state index in [0.717, 1.165) is 12.5 Å². The fourth-order valence-corrected chi connectivity index (χ4v) is 1.29. The number of nitro groups is 1. The Morgan fingerprint density at radius 3 is 2.83 bits per heavy atom. The van der Waals surface area contributed by atoms with Gasteiger partial charge < -0.3 is 10.5 Å². The molecule has 0 aliphatic heterocycles. The van der Waals surface area contributed by atoms with Crippen LogP contribution in [0.5, 0.6) is 5.75 Å². The minimum Gasteiger partial charge on any atom is -0.487 e. The van der Waals surface area contributed by atoms with Crippen molar-refractivity contribution >= 4 is 17.7 Å². The quantitative estimate of drug-likeness (QED) is 0.473. The van der Waals surface area contributed by atoms with E-state index in [2.05, 4.69) is 0 Å². The highest BCUT2D eigenvalue weighted by molar-refractivity contribution is 5.90. The van der Waals surface area contributed by atoms with E-state index in [4.69, 9.17) is 10.5 Å². The standard InChI is InChI=1S/C12H14N2O4/c1-2-7-18-11-5-3-9(4-6-12(13)15)8-10(11)14(16)17/h3-6,8H,2,7H2,1H3,(H2,13,15)/b6-4+. The Balaban J connectivity index is 3.03. The highest BCUT2D eigenvalue weighted by Gasteiger charge is 2.15. The van der Waals surface area contributed by atoms with Crippen LogP contribution in [0.3, 0.4) is 0 Å². The van der Waals surface area contributed by atoms with Crippen LogP contribution in [-0.2, 0) is 4.79 Å². The molecule has 0 radical (unpaired) electrons. The summed E-state index contributed by atoms with van der Waals surface area (Å²) in [5.41, 5.74) is 5.34. The largest absolute Gasteiger partial charge is 0.487 e. The highest BCUT2D eigenvalue weighted by Crippen LogP contribution is 2.28. The monoisotopic (exact) mass is 250 g/mol. The summed E-state index contributed by atoms with van der Waals surface area (Å²) in [5.74, 6) is -0.387. The number of ether oxygens (including phenoxy) is 1. The van der Waals surface area contributed by atoms with Gasteiger partial charge in [0, 0.05) is 12.1 Å². The lowest BCUT2D eigenvalue weighted by Gasteiger charge is -2.05. The first-order chi connectivity index (χ1) is 8.54. The van der Waals surface area contributed by atoms with Crippen molar-refractivity contribution in [2.45, 2.75) is 13.3 Å². The van der Waals surface area contributed by atoms with E-state index in [9.17, 15) is 14.9 Å². The molecule has 0 fully saturated rings. The van der Waals surface area contributed by atoms with E-state index in [0.29, 0.717) is 12.2 Å². The molecule has 1 amide bonds. The summed E-state index contributed by atoms with van der Waals surface area (Å²) in [6.45, 7) is 2.33. The molecule has 1 rings (SSSR count). The minimum atomic E-state index is -0.607. The summed E-state index contributed by atoms with van der Waals surface area (Å²) in [6.07, 6.45) is 3.32. The second kappa shape index (κ2) is 6.39. The van der Waals surface area contributed by atoms with Crippen molar-refractivity contribution in [3.05, 3.63) is 40.0 Å². The van der Waals surface area contributed by atoms with Gasteiger partial charge in [-0.3, -0.25) is 14.9 Å². The molecule has 0 bridgehead atoms. The second-order valence-electron chi connectivity index (χ2n) is 3.57. The van der Waals surface area contributed by atoms with Crippen molar-refractivity contribution in [2.24, 2.45) is 5.73 Å². The first kappa shape index (κ1) is 13.7. The molecule has 2 N–H and O–H groups in total. The number of primary amides is 1. The maximum absolute atomic E-state index is 10.9. The summed E-state index contributed by atoms with van der Waals surface area (Å²) in [6, 6.07) is 4.47. The van der Waals surface area contributed by atoms with Crippen LogP contribution in [0.4, 0.5) is 5.69 Å². The van der Waals surface area contributed by atoms with Crippen molar-refractivity contribution in [3.8, 4) is 5.75 Å². The Morgan fingerprint density at radius 2 is 2.28 bits per heavy atom. The molecule has 0 unspecified atom stereocenters. The van der Waals surface area contributed by atoms with E-state index in [1.165, 1.54) is 18.2 Å². The van der Waals surface area contributed by atoms with Crippen LogP contribution >= 0.6 is 0 Å². The number of benzene rings is 1. The van der Waals surface area contributed by atoms with Crippen molar-refractivity contribution in [2.75, 3.05) is 6.61 Å². The van der Waals surface area contributed by atoms with Crippen molar-refractivity contribution < 1.29 is 14.5 Å². The first-order valence-electron chi connectivity index (χ1n) is 5.43. The average molecular weight is 250 g/mol. The predicted octanol–water partition coefficient (Wildman–Crippen LogP) is 1.88. The molecule has 1 aromatic rings. The zero-order valence-corrected chi connectivity index (χ0v) is 9.96. The van der Waals surface area contributed by atoms with Crippen LogP contribution in [0.15, 0.2) is 24.3 Å². The van der Waals surface area contributed by atoms with Gasteiger partial charge in [-0.2, -0.15) is 0 Å². The Morgan fingerprint density at radius 1 is 1.56 bits per heavy atom. The van der Waals surface area contributed by atoms with Crippen LogP contribution in [0.1, 0.15) is 18.9 Å². The number of nitrogens with two attached hydrogens (primary N) is 1.